The number of rotatable bonds is 3. The van der Waals surface area contributed by atoms with E-state index in [-0.39, 0.29) is 6.10 Å². The van der Waals surface area contributed by atoms with Gasteiger partial charge in [-0.05, 0) is 11.6 Å². The van der Waals surface area contributed by atoms with Crippen LogP contribution in [0.15, 0.2) is 24.3 Å². The second kappa shape index (κ2) is 5.87. The molecule has 1 aromatic rings. The van der Waals surface area contributed by atoms with Gasteiger partial charge in [0.15, 0.2) is 0 Å². The molecule has 1 fully saturated rings. The number of morpholine rings is 1. The van der Waals surface area contributed by atoms with E-state index in [0.29, 0.717) is 5.88 Å². The number of nitrogens with zero attached hydrogens (tertiary/aromatic N) is 1. The van der Waals surface area contributed by atoms with E-state index in [4.69, 9.17) is 27.9 Å². The molecular formula is C12H15Cl2NO. The molecule has 0 radical (unpaired) electrons. The molecule has 1 aliphatic rings. The zero-order valence-electron chi connectivity index (χ0n) is 9.03. The molecule has 2 rings (SSSR count). The van der Waals surface area contributed by atoms with E-state index in [1.165, 1.54) is 5.56 Å². The molecule has 0 N–H and O–H groups in total. The second-order valence-corrected chi connectivity index (χ2v) is 4.69. The number of benzene rings is 1. The Morgan fingerprint density at radius 3 is 2.94 bits per heavy atom. The Morgan fingerprint density at radius 1 is 1.38 bits per heavy atom. The normalized spacial score (nSPS) is 22.2. The lowest BCUT2D eigenvalue weighted by Gasteiger charge is -2.32. The first-order chi connectivity index (χ1) is 7.79. The van der Waals surface area contributed by atoms with Crippen molar-refractivity contribution in [3.8, 4) is 0 Å². The van der Waals surface area contributed by atoms with Crippen LogP contribution in [0.2, 0.25) is 5.02 Å². The first-order valence-corrected chi connectivity index (χ1v) is 6.34. The first-order valence-electron chi connectivity index (χ1n) is 5.43. The van der Waals surface area contributed by atoms with Gasteiger partial charge < -0.3 is 4.74 Å². The monoisotopic (exact) mass is 259 g/mol. The van der Waals surface area contributed by atoms with E-state index in [2.05, 4.69) is 11.0 Å². The van der Waals surface area contributed by atoms with E-state index in [0.717, 1.165) is 31.3 Å². The molecule has 0 amide bonds. The minimum absolute atomic E-state index is 0.151. The summed E-state index contributed by atoms with van der Waals surface area (Å²) >= 11 is 11.9. The summed E-state index contributed by atoms with van der Waals surface area (Å²) in [5, 5.41) is 0.830. The maximum absolute atomic E-state index is 6.13. The summed E-state index contributed by atoms with van der Waals surface area (Å²) < 4.78 is 5.52. The van der Waals surface area contributed by atoms with Crippen molar-refractivity contribution >= 4 is 23.2 Å². The first kappa shape index (κ1) is 12.2. The number of alkyl halides is 1. The standard InChI is InChI=1S/C12H15Cl2NO/c13-7-11-9-15(5-6-16-11)8-10-3-1-2-4-12(10)14/h1-4,11H,5-9H2/t11-/m1/s1. The van der Waals surface area contributed by atoms with E-state index < -0.39 is 0 Å². The van der Waals surface area contributed by atoms with Crippen molar-refractivity contribution < 1.29 is 4.74 Å². The molecule has 4 heteroatoms. The summed E-state index contributed by atoms with van der Waals surface area (Å²) in [5.41, 5.74) is 1.17. The molecule has 1 aromatic carbocycles. The molecule has 1 saturated heterocycles. The Hall–Kier alpha value is -0.280. The largest absolute Gasteiger partial charge is 0.374 e. The average Bonchev–Trinajstić information content (AvgIpc) is 2.32. The summed E-state index contributed by atoms with van der Waals surface area (Å²) in [4.78, 5) is 2.33. The Kier molecular flexibility index (Phi) is 4.47. The summed E-state index contributed by atoms with van der Waals surface area (Å²) in [6.07, 6.45) is 0.151. The fraction of sp³-hybridized carbons (Fsp3) is 0.500. The van der Waals surface area contributed by atoms with Crippen LogP contribution in [0, 0.1) is 0 Å². The highest BCUT2D eigenvalue weighted by Crippen LogP contribution is 2.18. The Morgan fingerprint density at radius 2 is 2.19 bits per heavy atom. The van der Waals surface area contributed by atoms with Gasteiger partial charge >= 0.3 is 0 Å². The lowest BCUT2D eigenvalue weighted by Crippen LogP contribution is -2.42. The van der Waals surface area contributed by atoms with Crippen molar-refractivity contribution in [3.63, 3.8) is 0 Å². The van der Waals surface area contributed by atoms with E-state index in [9.17, 15) is 0 Å². The van der Waals surface area contributed by atoms with Gasteiger partial charge in [0.25, 0.3) is 0 Å². The average molecular weight is 260 g/mol. The Labute approximate surface area is 106 Å². The number of hydrogen-bond acceptors (Lipinski definition) is 2. The second-order valence-electron chi connectivity index (χ2n) is 3.97. The van der Waals surface area contributed by atoms with Crippen molar-refractivity contribution in [2.24, 2.45) is 0 Å². The van der Waals surface area contributed by atoms with Crippen LogP contribution in [0.4, 0.5) is 0 Å². The van der Waals surface area contributed by atoms with Gasteiger partial charge in [-0.1, -0.05) is 29.8 Å². The third-order valence-electron chi connectivity index (χ3n) is 2.75. The SMILES string of the molecule is ClC[C@@H]1CN(Cc2ccccc2Cl)CCO1. The molecule has 1 heterocycles. The zero-order valence-corrected chi connectivity index (χ0v) is 10.5. The van der Waals surface area contributed by atoms with Crippen LogP contribution in [-0.4, -0.2) is 36.6 Å². The molecule has 0 aromatic heterocycles. The highest BCUT2D eigenvalue weighted by molar-refractivity contribution is 6.31. The van der Waals surface area contributed by atoms with Gasteiger partial charge in [0.2, 0.25) is 0 Å². The maximum Gasteiger partial charge on any atom is 0.0837 e. The topological polar surface area (TPSA) is 12.5 Å². The molecule has 1 atom stereocenters. The van der Waals surface area contributed by atoms with Gasteiger partial charge in [-0.3, -0.25) is 4.90 Å². The molecule has 0 bridgehead atoms. The lowest BCUT2D eigenvalue weighted by molar-refractivity contribution is -0.0193. The number of halogens is 2. The van der Waals surface area contributed by atoms with Crippen LogP contribution in [0.3, 0.4) is 0 Å². The quantitative estimate of drug-likeness (QED) is 0.775. The minimum atomic E-state index is 0.151. The summed E-state index contributed by atoms with van der Waals surface area (Å²) in [6.45, 7) is 3.45. The van der Waals surface area contributed by atoms with Crippen molar-refractivity contribution in [1.82, 2.24) is 4.90 Å². The van der Waals surface area contributed by atoms with Crippen LogP contribution >= 0.6 is 23.2 Å². The smallest absolute Gasteiger partial charge is 0.0837 e. The molecule has 0 unspecified atom stereocenters. The summed E-state index contributed by atoms with van der Waals surface area (Å²) in [5.74, 6) is 0.555. The molecule has 16 heavy (non-hydrogen) atoms. The predicted octanol–water partition coefficient (Wildman–Crippen LogP) is 2.78. The molecule has 1 aliphatic heterocycles. The highest BCUT2D eigenvalue weighted by atomic mass is 35.5. The molecule has 2 nitrogen and oxygen atoms in total. The maximum atomic E-state index is 6.13. The lowest BCUT2D eigenvalue weighted by atomic mass is 10.2. The van der Waals surface area contributed by atoms with Crippen molar-refractivity contribution in [1.29, 1.82) is 0 Å². The van der Waals surface area contributed by atoms with Gasteiger partial charge in [0.1, 0.15) is 0 Å². The highest BCUT2D eigenvalue weighted by Gasteiger charge is 2.19. The third-order valence-corrected chi connectivity index (χ3v) is 3.46. The van der Waals surface area contributed by atoms with Crippen molar-refractivity contribution in [3.05, 3.63) is 34.9 Å². The molecule has 0 aliphatic carbocycles. The van der Waals surface area contributed by atoms with Crippen molar-refractivity contribution in [2.75, 3.05) is 25.6 Å². The van der Waals surface area contributed by atoms with Crippen LogP contribution in [0.25, 0.3) is 0 Å². The summed E-state index contributed by atoms with van der Waals surface area (Å²) in [6, 6.07) is 7.96. The third kappa shape index (κ3) is 3.11. The van der Waals surface area contributed by atoms with Gasteiger partial charge in [0, 0.05) is 30.5 Å². The molecule has 88 valence electrons. The van der Waals surface area contributed by atoms with E-state index in [1.807, 2.05) is 18.2 Å². The van der Waals surface area contributed by atoms with E-state index >= 15 is 0 Å². The number of hydrogen-bond donors (Lipinski definition) is 0. The number of ether oxygens (including phenoxy) is 1. The van der Waals surface area contributed by atoms with Gasteiger partial charge in [-0.25, -0.2) is 0 Å². The van der Waals surface area contributed by atoms with E-state index in [1.54, 1.807) is 0 Å². The van der Waals surface area contributed by atoms with Gasteiger partial charge in [0.05, 0.1) is 12.7 Å². The van der Waals surface area contributed by atoms with Gasteiger partial charge in [-0.2, -0.15) is 0 Å². The minimum Gasteiger partial charge on any atom is -0.374 e. The fourth-order valence-corrected chi connectivity index (χ4v) is 2.27. The molecular weight excluding hydrogens is 245 g/mol. The Balaban J connectivity index is 1.97. The van der Waals surface area contributed by atoms with Crippen LogP contribution < -0.4 is 0 Å². The predicted molar refractivity (Wildman–Crippen MR) is 67.2 cm³/mol. The molecule has 0 saturated carbocycles. The van der Waals surface area contributed by atoms with Crippen molar-refractivity contribution in [2.45, 2.75) is 12.6 Å². The fourth-order valence-electron chi connectivity index (χ4n) is 1.88. The summed E-state index contributed by atoms with van der Waals surface area (Å²) in [7, 11) is 0. The van der Waals surface area contributed by atoms with Crippen LogP contribution in [-0.2, 0) is 11.3 Å². The van der Waals surface area contributed by atoms with Crippen LogP contribution in [0.1, 0.15) is 5.56 Å². The van der Waals surface area contributed by atoms with Gasteiger partial charge in [-0.15, -0.1) is 11.6 Å². The van der Waals surface area contributed by atoms with Crippen LogP contribution in [0.5, 0.6) is 0 Å². The zero-order chi connectivity index (χ0) is 11.4. The molecule has 0 spiro atoms. The Bertz CT molecular complexity index is 346.